The molecule has 0 atom stereocenters. The molecule has 8 heteroatoms. The van der Waals surface area contributed by atoms with Crippen LogP contribution in [0.4, 0.5) is 0 Å². The Morgan fingerprint density at radius 2 is 2.04 bits per heavy atom. The number of carbonyl (C=O) groups excluding carboxylic acids is 1. The van der Waals surface area contributed by atoms with Crippen molar-refractivity contribution in [3.8, 4) is 11.5 Å². The van der Waals surface area contributed by atoms with Crippen LogP contribution in [0.1, 0.15) is 23.1 Å². The van der Waals surface area contributed by atoms with Crippen molar-refractivity contribution in [2.24, 2.45) is 0 Å². The molecule has 0 saturated heterocycles. The zero-order chi connectivity index (χ0) is 19.7. The van der Waals surface area contributed by atoms with Gasteiger partial charge in [0.25, 0.3) is 11.5 Å². The maximum absolute atomic E-state index is 13.0. The highest BCUT2D eigenvalue weighted by Gasteiger charge is 2.22. The van der Waals surface area contributed by atoms with Gasteiger partial charge in [-0.25, -0.2) is 4.98 Å². The van der Waals surface area contributed by atoms with Crippen LogP contribution in [0.15, 0.2) is 41.2 Å². The molecule has 3 aromatic rings. The molecule has 4 rings (SSSR count). The van der Waals surface area contributed by atoms with Gasteiger partial charge in [0, 0.05) is 12.1 Å². The summed E-state index contributed by atoms with van der Waals surface area (Å²) in [5, 5.41) is 0.841. The summed E-state index contributed by atoms with van der Waals surface area (Å²) in [6.07, 6.45) is 0. The van der Waals surface area contributed by atoms with E-state index < -0.39 is 0 Å². The van der Waals surface area contributed by atoms with Gasteiger partial charge in [0.05, 0.1) is 22.5 Å². The van der Waals surface area contributed by atoms with Gasteiger partial charge in [-0.05, 0) is 31.2 Å². The molecule has 0 radical (unpaired) electrons. The van der Waals surface area contributed by atoms with E-state index in [9.17, 15) is 9.59 Å². The number of halogens is 1. The molecular formula is C20H18ClN3O4. The minimum atomic E-state index is -0.239. The van der Waals surface area contributed by atoms with E-state index >= 15 is 0 Å². The highest BCUT2D eigenvalue weighted by Crippen LogP contribution is 2.38. The lowest BCUT2D eigenvalue weighted by molar-refractivity contribution is 0.0747. The first-order valence-electron chi connectivity index (χ1n) is 8.93. The van der Waals surface area contributed by atoms with E-state index in [2.05, 4.69) is 9.97 Å². The second-order valence-corrected chi connectivity index (χ2v) is 6.74. The molecule has 1 aromatic heterocycles. The fraction of sp³-hybridized carbons (Fsp3) is 0.250. The van der Waals surface area contributed by atoms with Crippen LogP contribution in [0.25, 0.3) is 10.9 Å². The first-order chi connectivity index (χ1) is 13.6. The fourth-order valence-corrected chi connectivity index (χ4v) is 3.40. The van der Waals surface area contributed by atoms with Crippen LogP contribution >= 0.6 is 11.6 Å². The van der Waals surface area contributed by atoms with Crippen LogP contribution in [0.2, 0.25) is 5.02 Å². The first kappa shape index (κ1) is 18.3. The van der Waals surface area contributed by atoms with Crippen LogP contribution < -0.4 is 15.0 Å². The Morgan fingerprint density at radius 1 is 1.25 bits per heavy atom. The molecule has 2 aromatic carbocycles. The number of aromatic nitrogens is 2. The van der Waals surface area contributed by atoms with E-state index in [1.165, 1.54) is 0 Å². The van der Waals surface area contributed by atoms with Crippen molar-refractivity contribution in [3.63, 3.8) is 0 Å². The third kappa shape index (κ3) is 3.41. The van der Waals surface area contributed by atoms with E-state index in [-0.39, 0.29) is 18.0 Å². The SMILES string of the molecule is CCN(Cc1nc2ccccc2c(=O)[nH]1)C(=O)c1cc(Cl)c2c(c1)OCCO2. The largest absolute Gasteiger partial charge is 0.486 e. The highest BCUT2D eigenvalue weighted by molar-refractivity contribution is 6.32. The zero-order valence-electron chi connectivity index (χ0n) is 15.2. The van der Waals surface area contributed by atoms with Gasteiger partial charge in [-0.1, -0.05) is 23.7 Å². The molecule has 1 aliphatic heterocycles. The summed E-state index contributed by atoms with van der Waals surface area (Å²) < 4.78 is 11.0. The second-order valence-electron chi connectivity index (χ2n) is 6.33. The lowest BCUT2D eigenvalue weighted by Crippen LogP contribution is -2.32. The number of hydrogen-bond donors (Lipinski definition) is 1. The minimum absolute atomic E-state index is 0.168. The summed E-state index contributed by atoms with van der Waals surface area (Å²) in [4.78, 5) is 34.1. The molecule has 2 heterocycles. The lowest BCUT2D eigenvalue weighted by atomic mass is 10.1. The highest BCUT2D eigenvalue weighted by atomic mass is 35.5. The number of benzene rings is 2. The van der Waals surface area contributed by atoms with Crippen molar-refractivity contribution in [2.45, 2.75) is 13.5 Å². The van der Waals surface area contributed by atoms with Gasteiger partial charge in [0.2, 0.25) is 0 Å². The molecule has 28 heavy (non-hydrogen) atoms. The number of nitrogens with zero attached hydrogens (tertiary/aromatic N) is 2. The van der Waals surface area contributed by atoms with Gasteiger partial charge in [-0.3, -0.25) is 9.59 Å². The molecule has 1 N–H and O–H groups in total. The summed E-state index contributed by atoms with van der Waals surface area (Å²) in [6.45, 7) is 3.28. The molecule has 0 bridgehead atoms. The number of para-hydroxylation sites is 1. The fourth-order valence-electron chi connectivity index (χ4n) is 3.13. The Labute approximate surface area is 165 Å². The molecule has 0 spiro atoms. The molecule has 0 unspecified atom stereocenters. The number of ether oxygens (including phenoxy) is 2. The summed E-state index contributed by atoms with van der Waals surface area (Å²) in [5.41, 5.74) is 0.748. The Morgan fingerprint density at radius 3 is 2.86 bits per heavy atom. The maximum atomic E-state index is 13.0. The third-order valence-corrected chi connectivity index (χ3v) is 4.80. The van der Waals surface area contributed by atoms with Crippen molar-refractivity contribution >= 4 is 28.4 Å². The van der Waals surface area contributed by atoms with Crippen molar-refractivity contribution in [1.29, 1.82) is 0 Å². The number of amides is 1. The molecule has 144 valence electrons. The normalized spacial score (nSPS) is 12.8. The predicted molar refractivity (Wildman–Crippen MR) is 105 cm³/mol. The third-order valence-electron chi connectivity index (χ3n) is 4.52. The summed E-state index contributed by atoms with van der Waals surface area (Å²) in [5.74, 6) is 1.09. The Bertz CT molecular complexity index is 1110. The summed E-state index contributed by atoms with van der Waals surface area (Å²) >= 11 is 6.25. The van der Waals surface area contributed by atoms with Gasteiger partial charge in [-0.2, -0.15) is 0 Å². The number of H-pyrrole nitrogens is 1. The van der Waals surface area contributed by atoms with Crippen LogP contribution in [-0.2, 0) is 6.54 Å². The average Bonchev–Trinajstić information content (AvgIpc) is 2.71. The van der Waals surface area contributed by atoms with Gasteiger partial charge in [-0.15, -0.1) is 0 Å². The van der Waals surface area contributed by atoms with Crippen LogP contribution in [-0.4, -0.2) is 40.5 Å². The second kappa shape index (κ2) is 7.52. The molecule has 0 saturated carbocycles. The van der Waals surface area contributed by atoms with E-state index in [0.29, 0.717) is 58.6 Å². The number of hydrogen-bond acceptors (Lipinski definition) is 5. The quantitative estimate of drug-likeness (QED) is 0.729. The summed E-state index contributed by atoms with van der Waals surface area (Å²) in [6, 6.07) is 10.3. The van der Waals surface area contributed by atoms with Crippen LogP contribution in [0, 0.1) is 0 Å². The van der Waals surface area contributed by atoms with E-state index in [1.807, 2.05) is 13.0 Å². The van der Waals surface area contributed by atoms with Gasteiger partial charge >= 0.3 is 0 Å². The zero-order valence-corrected chi connectivity index (χ0v) is 16.0. The molecular weight excluding hydrogens is 382 g/mol. The lowest BCUT2D eigenvalue weighted by Gasteiger charge is -2.23. The average molecular weight is 400 g/mol. The summed E-state index contributed by atoms with van der Waals surface area (Å²) in [7, 11) is 0. The molecule has 0 fully saturated rings. The van der Waals surface area contributed by atoms with Gasteiger partial charge in [0.15, 0.2) is 11.5 Å². The number of fused-ring (bicyclic) bond motifs is 2. The monoisotopic (exact) mass is 399 g/mol. The van der Waals surface area contributed by atoms with Gasteiger partial charge in [0.1, 0.15) is 19.0 Å². The molecule has 1 aliphatic rings. The van der Waals surface area contributed by atoms with Crippen molar-refractivity contribution in [1.82, 2.24) is 14.9 Å². The molecule has 7 nitrogen and oxygen atoms in total. The predicted octanol–water partition coefficient (Wildman–Crippen LogP) is 3.01. The van der Waals surface area contributed by atoms with E-state index in [4.69, 9.17) is 21.1 Å². The van der Waals surface area contributed by atoms with Crippen LogP contribution in [0.5, 0.6) is 11.5 Å². The number of carbonyl (C=O) groups is 1. The van der Waals surface area contributed by atoms with Crippen molar-refractivity contribution < 1.29 is 14.3 Å². The first-order valence-corrected chi connectivity index (χ1v) is 9.31. The van der Waals surface area contributed by atoms with E-state index in [0.717, 1.165) is 0 Å². The smallest absolute Gasteiger partial charge is 0.258 e. The Balaban J connectivity index is 1.63. The van der Waals surface area contributed by atoms with Crippen LogP contribution in [0.3, 0.4) is 0 Å². The molecule has 0 aliphatic carbocycles. The Hall–Kier alpha value is -3.06. The van der Waals surface area contributed by atoms with Gasteiger partial charge < -0.3 is 19.4 Å². The number of rotatable bonds is 4. The standard InChI is InChI=1S/C20H18ClN3O4/c1-2-24(11-17-22-15-6-4-3-5-13(15)19(25)23-17)20(26)12-9-14(21)18-16(10-12)27-7-8-28-18/h3-6,9-10H,2,7-8,11H2,1H3,(H,22,23,25). The number of aromatic amines is 1. The minimum Gasteiger partial charge on any atom is -0.486 e. The Kier molecular flexibility index (Phi) is 4.92. The topological polar surface area (TPSA) is 84.5 Å². The van der Waals surface area contributed by atoms with Crippen molar-refractivity contribution in [3.05, 3.63) is 63.2 Å². The molecule has 1 amide bonds. The number of nitrogens with one attached hydrogen (secondary N) is 1. The maximum Gasteiger partial charge on any atom is 0.258 e. The van der Waals surface area contributed by atoms with Crippen molar-refractivity contribution in [2.75, 3.05) is 19.8 Å². The van der Waals surface area contributed by atoms with E-state index in [1.54, 1.807) is 35.2 Å².